The number of allylic oxidation sites excluding steroid dienone is 6. The third-order valence-electron chi connectivity index (χ3n) is 3.56. The Balaban J connectivity index is 3.29. The molecule has 2 nitrogen and oxygen atoms in total. The molecular formula is C20H35NO. The summed E-state index contributed by atoms with van der Waals surface area (Å²) in [5.41, 5.74) is 5.10. The summed E-state index contributed by atoms with van der Waals surface area (Å²) in [7, 11) is 0. The molecule has 0 unspecified atom stereocenters. The van der Waals surface area contributed by atoms with E-state index >= 15 is 0 Å². The van der Waals surface area contributed by atoms with Gasteiger partial charge in [-0.2, -0.15) is 0 Å². The van der Waals surface area contributed by atoms with E-state index in [0.717, 1.165) is 32.1 Å². The average molecular weight is 306 g/mol. The minimum absolute atomic E-state index is 0.178. The van der Waals surface area contributed by atoms with Crippen LogP contribution in [0, 0.1) is 0 Å². The van der Waals surface area contributed by atoms with Gasteiger partial charge in [-0.1, -0.05) is 69.1 Å². The van der Waals surface area contributed by atoms with Crippen LogP contribution in [0.3, 0.4) is 0 Å². The number of hydrogen-bond acceptors (Lipinski definition) is 1. The van der Waals surface area contributed by atoms with Crippen LogP contribution in [0.25, 0.3) is 0 Å². The fourth-order valence-corrected chi connectivity index (χ4v) is 2.20. The molecule has 0 saturated carbocycles. The molecule has 0 spiro atoms. The van der Waals surface area contributed by atoms with Crippen LogP contribution in [0.5, 0.6) is 0 Å². The maximum absolute atomic E-state index is 10.6. The minimum atomic E-state index is -0.178. The van der Waals surface area contributed by atoms with Crippen molar-refractivity contribution in [1.29, 1.82) is 0 Å². The molecule has 0 bridgehead atoms. The fraction of sp³-hybridized carbons (Fsp3) is 0.650. The summed E-state index contributed by atoms with van der Waals surface area (Å²) >= 11 is 0. The lowest BCUT2D eigenvalue weighted by atomic mass is 10.1. The topological polar surface area (TPSA) is 43.1 Å². The van der Waals surface area contributed by atoms with Gasteiger partial charge in [-0.05, 0) is 44.9 Å². The van der Waals surface area contributed by atoms with Crippen LogP contribution in [0.15, 0.2) is 36.5 Å². The minimum Gasteiger partial charge on any atom is -0.370 e. The maximum Gasteiger partial charge on any atom is 0.217 e. The predicted octanol–water partition coefficient (Wildman–Crippen LogP) is 5.84. The normalized spacial score (nSPS) is 12.0. The Morgan fingerprint density at radius 3 is 1.77 bits per heavy atom. The van der Waals surface area contributed by atoms with Crippen molar-refractivity contribution in [2.24, 2.45) is 5.73 Å². The second kappa shape index (κ2) is 17.7. The van der Waals surface area contributed by atoms with Crippen LogP contribution in [0.1, 0.15) is 84.0 Å². The van der Waals surface area contributed by atoms with Gasteiger partial charge in [-0.15, -0.1) is 0 Å². The molecule has 0 aromatic heterocycles. The molecule has 0 atom stereocenters. The van der Waals surface area contributed by atoms with E-state index < -0.39 is 0 Å². The Kier molecular flexibility index (Phi) is 16.7. The van der Waals surface area contributed by atoms with Gasteiger partial charge >= 0.3 is 0 Å². The lowest BCUT2D eigenvalue weighted by molar-refractivity contribution is -0.118. The summed E-state index contributed by atoms with van der Waals surface area (Å²) in [6, 6.07) is 0. The monoisotopic (exact) mass is 305 g/mol. The van der Waals surface area contributed by atoms with Gasteiger partial charge in [0.1, 0.15) is 0 Å². The SMILES string of the molecule is CCCCC/C=C/C/C=C/C/C=C/CCCCCCC(N)=O. The lowest BCUT2D eigenvalue weighted by Crippen LogP contribution is -2.09. The van der Waals surface area contributed by atoms with E-state index in [1.807, 2.05) is 0 Å². The number of carbonyl (C=O) groups excluding carboxylic acids is 1. The second-order valence-corrected chi connectivity index (χ2v) is 5.80. The van der Waals surface area contributed by atoms with Gasteiger partial charge in [-0.3, -0.25) is 4.79 Å². The van der Waals surface area contributed by atoms with Gasteiger partial charge in [0.25, 0.3) is 0 Å². The van der Waals surface area contributed by atoms with Crippen molar-refractivity contribution in [3.8, 4) is 0 Å². The third kappa shape index (κ3) is 18.7. The first-order valence-electron chi connectivity index (χ1n) is 9.00. The molecule has 2 heteroatoms. The van der Waals surface area contributed by atoms with Crippen molar-refractivity contribution in [2.45, 2.75) is 84.0 Å². The molecule has 0 aliphatic heterocycles. The van der Waals surface area contributed by atoms with E-state index in [9.17, 15) is 4.79 Å². The van der Waals surface area contributed by atoms with Crippen LogP contribution in [0.4, 0.5) is 0 Å². The number of primary amides is 1. The summed E-state index contributed by atoms with van der Waals surface area (Å²) in [6.07, 6.45) is 26.9. The van der Waals surface area contributed by atoms with Crippen LogP contribution in [-0.4, -0.2) is 5.91 Å². The van der Waals surface area contributed by atoms with Gasteiger partial charge in [0.05, 0.1) is 0 Å². The van der Waals surface area contributed by atoms with Gasteiger partial charge < -0.3 is 5.73 Å². The zero-order valence-corrected chi connectivity index (χ0v) is 14.4. The van der Waals surface area contributed by atoms with E-state index in [1.54, 1.807) is 0 Å². The third-order valence-corrected chi connectivity index (χ3v) is 3.56. The molecule has 0 radical (unpaired) electrons. The Morgan fingerprint density at radius 2 is 1.23 bits per heavy atom. The zero-order valence-electron chi connectivity index (χ0n) is 14.4. The summed E-state index contributed by atoms with van der Waals surface area (Å²) in [5, 5.41) is 0. The largest absolute Gasteiger partial charge is 0.370 e. The highest BCUT2D eigenvalue weighted by Gasteiger charge is 1.93. The Hall–Kier alpha value is -1.31. The second-order valence-electron chi connectivity index (χ2n) is 5.80. The fourth-order valence-electron chi connectivity index (χ4n) is 2.20. The van der Waals surface area contributed by atoms with E-state index in [-0.39, 0.29) is 5.91 Å². The van der Waals surface area contributed by atoms with E-state index in [0.29, 0.717) is 6.42 Å². The first-order valence-corrected chi connectivity index (χ1v) is 9.00. The van der Waals surface area contributed by atoms with Crippen molar-refractivity contribution in [2.75, 3.05) is 0 Å². The van der Waals surface area contributed by atoms with Crippen LogP contribution in [-0.2, 0) is 4.79 Å². The molecule has 0 aliphatic rings. The number of unbranched alkanes of at least 4 members (excludes halogenated alkanes) is 7. The molecular weight excluding hydrogens is 270 g/mol. The van der Waals surface area contributed by atoms with Gasteiger partial charge in [0.2, 0.25) is 5.91 Å². The molecule has 0 saturated heterocycles. The Labute approximate surface area is 137 Å². The highest BCUT2D eigenvalue weighted by molar-refractivity contribution is 5.73. The first kappa shape index (κ1) is 20.7. The molecule has 22 heavy (non-hydrogen) atoms. The molecule has 0 fully saturated rings. The smallest absolute Gasteiger partial charge is 0.217 e. The highest BCUT2D eigenvalue weighted by Crippen LogP contribution is 2.06. The van der Waals surface area contributed by atoms with Crippen LogP contribution in [0.2, 0.25) is 0 Å². The van der Waals surface area contributed by atoms with Gasteiger partial charge in [-0.25, -0.2) is 0 Å². The zero-order chi connectivity index (χ0) is 16.3. The maximum atomic E-state index is 10.6. The summed E-state index contributed by atoms with van der Waals surface area (Å²) in [6.45, 7) is 2.24. The van der Waals surface area contributed by atoms with Crippen molar-refractivity contribution < 1.29 is 4.79 Å². The van der Waals surface area contributed by atoms with Crippen LogP contribution < -0.4 is 5.73 Å². The van der Waals surface area contributed by atoms with Crippen molar-refractivity contribution in [3.63, 3.8) is 0 Å². The standard InChI is InChI=1S/C20H35NO/c1-2-3-4-5-6-7-8-9-10-11-12-13-14-15-16-17-18-19-20(21)22/h6-7,9-10,12-13H,2-5,8,11,14-19H2,1H3,(H2,21,22)/b7-6+,10-9+,13-12+. The summed E-state index contributed by atoms with van der Waals surface area (Å²) < 4.78 is 0. The molecule has 126 valence electrons. The summed E-state index contributed by atoms with van der Waals surface area (Å²) in [5.74, 6) is -0.178. The molecule has 0 aromatic carbocycles. The van der Waals surface area contributed by atoms with Crippen LogP contribution >= 0.6 is 0 Å². The van der Waals surface area contributed by atoms with Crippen molar-refractivity contribution in [3.05, 3.63) is 36.5 Å². The number of nitrogens with two attached hydrogens (primary N) is 1. The Morgan fingerprint density at radius 1 is 0.727 bits per heavy atom. The molecule has 2 N–H and O–H groups in total. The van der Waals surface area contributed by atoms with Crippen molar-refractivity contribution in [1.82, 2.24) is 0 Å². The highest BCUT2D eigenvalue weighted by atomic mass is 16.1. The average Bonchev–Trinajstić information content (AvgIpc) is 2.50. The first-order chi connectivity index (χ1) is 10.8. The molecule has 0 aliphatic carbocycles. The van der Waals surface area contributed by atoms with Gasteiger partial charge in [0, 0.05) is 6.42 Å². The predicted molar refractivity (Wildman–Crippen MR) is 97.7 cm³/mol. The molecule has 0 rings (SSSR count). The Bertz CT molecular complexity index is 329. The number of carbonyl (C=O) groups is 1. The lowest BCUT2D eigenvalue weighted by Gasteiger charge is -1.97. The van der Waals surface area contributed by atoms with E-state index in [4.69, 9.17) is 5.73 Å². The number of hydrogen-bond donors (Lipinski definition) is 1. The van der Waals surface area contributed by atoms with Crippen molar-refractivity contribution >= 4 is 5.91 Å². The molecule has 1 amide bonds. The molecule has 0 aromatic rings. The molecule has 0 heterocycles. The number of rotatable bonds is 15. The quantitative estimate of drug-likeness (QED) is 0.300. The van der Waals surface area contributed by atoms with E-state index in [1.165, 1.54) is 38.5 Å². The summed E-state index contributed by atoms with van der Waals surface area (Å²) in [4.78, 5) is 10.6. The van der Waals surface area contributed by atoms with Gasteiger partial charge in [0.15, 0.2) is 0 Å². The van der Waals surface area contributed by atoms with E-state index in [2.05, 4.69) is 43.4 Å². The number of amides is 1.